The number of rotatable bonds is 2. The number of halogens is 1. The van der Waals surface area contributed by atoms with Gasteiger partial charge in [-0.15, -0.1) is 0 Å². The van der Waals surface area contributed by atoms with E-state index in [1.807, 2.05) is 0 Å². The molecular formula is C13H14FN3O2. The molecule has 4 N–H and O–H groups in total. The molecule has 1 aromatic carbocycles. The maximum atomic E-state index is 12.8. The van der Waals surface area contributed by atoms with E-state index in [1.54, 1.807) is 12.1 Å². The minimum atomic E-state index is -0.829. The molecule has 1 unspecified atom stereocenters. The molecule has 0 aromatic heterocycles. The van der Waals surface area contributed by atoms with Crippen molar-refractivity contribution in [3.8, 4) is 0 Å². The Morgan fingerprint density at radius 2 is 2.00 bits per heavy atom. The quantitative estimate of drug-likeness (QED) is 0.747. The lowest BCUT2D eigenvalue weighted by atomic mass is 9.92. The molecular weight excluding hydrogens is 249 g/mol. The summed E-state index contributed by atoms with van der Waals surface area (Å²) >= 11 is 0. The predicted octanol–water partition coefficient (Wildman–Crippen LogP) is 1.16. The molecule has 6 heteroatoms. The first kappa shape index (κ1) is 13.1. The largest absolute Gasteiger partial charge is 0.509 e. The van der Waals surface area contributed by atoms with Crippen molar-refractivity contribution >= 4 is 11.7 Å². The van der Waals surface area contributed by atoms with E-state index in [1.165, 1.54) is 19.2 Å². The minimum absolute atomic E-state index is 0.103. The third kappa shape index (κ3) is 2.29. The van der Waals surface area contributed by atoms with Gasteiger partial charge in [0, 0.05) is 7.05 Å². The molecule has 0 aliphatic carbocycles. The van der Waals surface area contributed by atoms with Crippen LogP contribution in [0.4, 0.5) is 4.39 Å². The standard InChI is InChI=1S/C13H14FN3O2/c1-17-12(16)10(15)11(18)9(13(17)19)6-7-2-4-8(14)5-3-7/h2-5,9,16,18H,6,15H2,1H3. The SMILES string of the molecule is CN1C(=N)C(N)=C(O)C(Cc2ccc(F)cc2)C1=O. The van der Waals surface area contributed by atoms with E-state index in [4.69, 9.17) is 11.1 Å². The van der Waals surface area contributed by atoms with Crippen molar-refractivity contribution in [1.82, 2.24) is 4.90 Å². The number of hydrogen-bond donors (Lipinski definition) is 3. The average Bonchev–Trinajstić information content (AvgIpc) is 2.41. The van der Waals surface area contributed by atoms with Crippen LogP contribution in [0.1, 0.15) is 5.56 Å². The maximum Gasteiger partial charge on any atom is 0.239 e. The fourth-order valence-electron chi connectivity index (χ4n) is 1.99. The first-order chi connectivity index (χ1) is 8.91. The zero-order valence-electron chi connectivity index (χ0n) is 10.4. The molecule has 100 valence electrons. The molecule has 1 aliphatic heterocycles. The number of benzene rings is 1. The molecule has 1 heterocycles. The van der Waals surface area contributed by atoms with E-state index in [9.17, 15) is 14.3 Å². The van der Waals surface area contributed by atoms with Crippen LogP contribution in [0, 0.1) is 17.1 Å². The fourth-order valence-corrected chi connectivity index (χ4v) is 1.99. The topological polar surface area (TPSA) is 90.4 Å². The van der Waals surface area contributed by atoms with E-state index in [0.29, 0.717) is 5.56 Å². The second-order valence-corrected chi connectivity index (χ2v) is 4.43. The highest BCUT2D eigenvalue weighted by Gasteiger charge is 2.36. The first-order valence-electron chi connectivity index (χ1n) is 5.71. The van der Waals surface area contributed by atoms with Gasteiger partial charge in [-0.3, -0.25) is 15.1 Å². The van der Waals surface area contributed by atoms with Crippen molar-refractivity contribution < 1.29 is 14.3 Å². The second kappa shape index (κ2) is 4.72. The number of amides is 1. The normalized spacial score (nSPS) is 20.1. The van der Waals surface area contributed by atoms with Crippen molar-refractivity contribution in [1.29, 1.82) is 5.41 Å². The smallest absolute Gasteiger partial charge is 0.239 e. The van der Waals surface area contributed by atoms with Gasteiger partial charge in [0.15, 0.2) is 5.84 Å². The van der Waals surface area contributed by atoms with Crippen LogP contribution < -0.4 is 5.73 Å². The van der Waals surface area contributed by atoms with Crippen LogP contribution in [-0.2, 0) is 11.2 Å². The zero-order chi connectivity index (χ0) is 14.2. The lowest BCUT2D eigenvalue weighted by Crippen LogP contribution is -2.46. The number of amidine groups is 1. The Bertz CT molecular complexity index is 566. The van der Waals surface area contributed by atoms with Crippen LogP contribution in [0.15, 0.2) is 35.7 Å². The summed E-state index contributed by atoms with van der Waals surface area (Å²) < 4.78 is 12.8. The Morgan fingerprint density at radius 1 is 1.42 bits per heavy atom. The Balaban J connectivity index is 2.31. The molecule has 1 atom stereocenters. The average molecular weight is 263 g/mol. The van der Waals surface area contributed by atoms with Crippen molar-refractivity contribution in [3.63, 3.8) is 0 Å². The van der Waals surface area contributed by atoms with Crippen LogP contribution in [0.3, 0.4) is 0 Å². The number of nitrogens with two attached hydrogens (primary N) is 1. The number of aliphatic hydroxyl groups excluding tert-OH is 1. The van der Waals surface area contributed by atoms with Gasteiger partial charge in [0.05, 0.1) is 0 Å². The van der Waals surface area contributed by atoms with Gasteiger partial charge in [0.2, 0.25) is 5.91 Å². The lowest BCUT2D eigenvalue weighted by molar-refractivity contribution is -0.130. The van der Waals surface area contributed by atoms with Gasteiger partial charge in [-0.05, 0) is 24.1 Å². The summed E-state index contributed by atoms with van der Waals surface area (Å²) in [5, 5.41) is 17.5. The Morgan fingerprint density at radius 3 is 2.58 bits per heavy atom. The Kier molecular flexibility index (Phi) is 3.25. The number of hydrogen-bond acceptors (Lipinski definition) is 4. The number of aliphatic hydroxyl groups is 1. The minimum Gasteiger partial charge on any atom is -0.509 e. The first-order valence-corrected chi connectivity index (χ1v) is 5.71. The second-order valence-electron chi connectivity index (χ2n) is 4.43. The van der Waals surface area contributed by atoms with Crippen LogP contribution in [-0.4, -0.2) is 28.8 Å². The molecule has 19 heavy (non-hydrogen) atoms. The monoisotopic (exact) mass is 263 g/mol. The molecule has 0 spiro atoms. The molecule has 0 fully saturated rings. The molecule has 0 radical (unpaired) electrons. The summed E-state index contributed by atoms with van der Waals surface area (Å²) in [4.78, 5) is 13.1. The molecule has 1 amide bonds. The number of carbonyl (C=O) groups is 1. The van der Waals surface area contributed by atoms with Crippen LogP contribution in [0.2, 0.25) is 0 Å². The third-order valence-electron chi connectivity index (χ3n) is 3.18. The van der Waals surface area contributed by atoms with Gasteiger partial charge >= 0.3 is 0 Å². The molecule has 1 aromatic rings. The van der Waals surface area contributed by atoms with Crippen LogP contribution >= 0.6 is 0 Å². The number of carbonyl (C=O) groups excluding carboxylic acids is 1. The maximum absolute atomic E-state index is 12.8. The molecule has 5 nitrogen and oxygen atoms in total. The Hall–Kier alpha value is -2.37. The fraction of sp³-hybridized carbons (Fsp3) is 0.231. The summed E-state index contributed by atoms with van der Waals surface area (Å²) in [5.74, 6) is -2.10. The van der Waals surface area contributed by atoms with Gasteiger partial charge in [-0.1, -0.05) is 12.1 Å². The van der Waals surface area contributed by atoms with Gasteiger partial charge in [0.25, 0.3) is 0 Å². The summed E-state index contributed by atoms with van der Waals surface area (Å²) in [6.07, 6.45) is 0.212. The van der Waals surface area contributed by atoms with Crippen molar-refractivity contribution in [3.05, 3.63) is 47.1 Å². The van der Waals surface area contributed by atoms with Crippen LogP contribution in [0.5, 0.6) is 0 Å². The van der Waals surface area contributed by atoms with Crippen molar-refractivity contribution in [2.45, 2.75) is 6.42 Å². The van der Waals surface area contributed by atoms with E-state index in [-0.39, 0.29) is 29.5 Å². The lowest BCUT2D eigenvalue weighted by Gasteiger charge is -2.29. The molecule has 2 rings (SSSR count). The van der Waals surface area contributed by atoms with E-state index < -0.39 is 11.8 Å². The van der Waals surface area contributed by atoms with Gasteiger partial charge in [0.1, 0.15) is 23.2 Å². The predicted molar refractivity (Wildman–Crippen MR) is 67.9 cm³/mol. The van der Waals surface area contributed by atoms with Gasteiger partial charge in [-0.2, -0.15) is 0 Å². The summed E-state index contributed by atoms with van der Waals surface area (Å²) in [6, 6.07) is 5.68. The highest BCUT2D eigenvalue weighted by atomic mass is 19.1. The zero-order valence-corrected chi connectivity index (χ0v) is 10.4. The summed E-state index contributed by atoms with van der Waals surface area (Å²) in [6.45, 7) is 0. The number of nitrogens with zero attached hydrogens (tertiary/aromatic N) is 1. The molecule has 0 saturated carbocycles. The molecule has 0 saturated heterocycles. The van der Waals surface area contributed by atoms with Crippen molar-refractivity contribution in [2.24, 2.45) is 11.7 Å². The Labute approximate surface area is 109 Å². The van der Waals surface area contributed by atoms with Gasteiger partial charge < -0.3 is 10.8 Å². The van der Waals surface area contributed by atoms with Crippen LogP contribution in [0.25, 0.3) is 0 Å². The summed E-state index contributed by atoms with van der Waals surface area (Å²) in [5.41, 5.74) is 6.20. The number of nitrogens with one attached hydrogen (secondary N) is 1. The molecule has 0 bridgehead atoms. The highest BCUT2D eigenvalue weighted by molar-refractivity contribution is 6.09. The van der Waals surface area contributed by atoms with Crippen molar-refractivity contribution in [2.75, 3.05) is 7.05 Å². The molecule has 1 aliphatic rings. The third-order valence-corrected chi connectivity index (χ3v) is 3.18. The highest BCUT2D eigenvalue weighted by Crippen LogP contribution is 2.24. The van der Waals surface area contributed by atoms with E-state index in [2.05, 4.69) is 0 Å². The number of likely N-dealkylation sites (N-methyl/N-ethyl adjacent to an activating group) is 1. The van der Waals surface area contributed by atoms with Gasteiger partial charge in [-0.25, -0.2) is 4.39 Å². The van der Waals surface area contributed by atoms with E-state index >= 15 is 0 Å². The summed E-state index contributed by atoms with van der Waals surface area (Å²) in [7, 11) is 1.43. The van der Waals surface area contributed by atoms with E-state index in [0.717, 1.165) is 4.90 Å².